The summed E-state index contributed by atoms with van der Waals surface area (Å²) in [6.07, 6.45) is 9.80. The van der Waals surface area contributed by atoms with E-state index in [2.05, 4.69) is 98.1 Å². The maximum absolute atomic E-state index is 11.6. The average Bonchev–Trinajstić information content (AvgIpc) is 3.70. The number of benzene rings is 4. The van der Waals surface area contributed by atoms with Gasteiger partial charge in [0.2, 0.25) is 0 Å². The summed E-state index contributed by atoms with van der Waals surface area (Å²) in [6, 6.07) is 31.6. The molecular weight excluding hydrogens is 901 g/mol. The summed E-state index contributed by atoms with van der Waals surface area (Å²) < 4.78 is 46.1. The molecule has 0 radical (unpaired) electrons. The maximum Gasteiger partial charge on any atom is 0.333 e. The van der Waals surface area contributed by atoms with Crippen LogP contribution in [0, 0.1) is 0 Å². The second-order valence-electron chi connectivity index (χ2n) is 19.2. The van der Waals surface area contributed by atoms with Crippen LogP contribution in [0.3, 0.4) is 0 Å². The van der Waals surface area contributed by atoms with Crippen LogP contribution in [0.5, 0.6) is 11.5 Å². The molecule has 3 aliphatic carbocycles. The van der Waals surface area contributed by atoms with Gasteiger partial charge in [0.15, 0.2) is 0 Å². The predicted octanol–water partition coefficient (Wildman–Crippen LogP) is 9.93. The zero-order chi connectivity index (χ0) is 50.0. The van der Waals surface area contributed by atoms with E-state index in [4.69, 9.17) is 37.9 Å². The van der Waals surface area contributed by atoms with Gasteiger partial charge in [0.05, 0.1) is 58.3 Å². The third-order valence-electron chi connectivity index (χ3n) is 13.8. The number of ether oxygens (including phenoxy) is 8. The summed E-state index contributed by atoms with van der Waals surface area (Å²) in [5, 5.41) is 20.2. The number of rotatable bonds is 28. The first-order chi connectivity index (χ1) is 34.6. The summed E-state index contributed by atoms with van der Waals surface area (Å²) in [5.41, 5.74) is 9.87. The van der Waals surface area contributed by atoms with Crippen LogP contribution < -0.4 is 9.47 Å². The fourth-order valence-corrected chi connectivity index (χ4v) is 10.3. The number of hydrogen-bond acceptors (Lipinski definition) is 12. The van der Waals surface area contributed by atoms with Crippen molar-refractivity contribution in [2.45, 2.75) is 108 Å². The lowest BCUT2D eigenvalue weighted by molar-refractivity contribution is -0.143. The molecule has 2 N–H and O–H groups in total. The van der Waals surface area contributed by atoms with Crippen LogP contribution in [0.1, 0.15) is 123 Å². The van der Waals surface area contributed by atoms with Gasteiger partial charge in [-0.2, -0.15) is 0 Å². The Bertz CT molecular complexity index is 2210. The third kappa shape index (κ3) is 14.0. The van der Waals surface area contributed by atoms with Crippen LogP contribution in [-0.4, -0.2) is 114 Å². The fourth-order valence-electron chi connectivity index (χ4n) is 10.3. The number of fused-ring (bicyclic) bond motifs is 3. The van der Waals surface area contributed by atoms with Crippen molar-refractivity contribution in [1.82, 2.24) is 0 Å². The number of carbonyl (C=O) groups is 2. The molecule has 4 aromatic rings. The minimum atomic E-state index is -0.931. The van der Waals surface area contributed by atoms with E-state index in [-0.39, 0.29) is 50.8 Å². The lowest BCUT2D eigenvalue weighted by Crippen LogP contribution is -2.29. The third-order valence-corrected chi connectivity index (χ3v) is 13.8. The molecule has 71 heavy (non-hydrogen) atoms. The second kappa shape index (κ2) is 26.9. The zero-order valence-corrected chi connectivity index (χ0v) is 41.8. The van der Waals surface area contributed by atoms with Gasteiger partial charge in [-0.05, 0) is 108 Å². The molecular formula is C59H74O12. The van der Waals surface area contributed by atoms with E-state index in [0.29, 0.717) is 51.5 Å². The first-order valence-electron chi connectivity index (χ1n) is 25.6. The molecule has 0 amide bonds. The van der Waals surface area contributed by atoms with E-state index in [1.807, 2.05) is 0 Å². The van der Waals surface area contributed by atoms with Gasteiger partial charge in [-0.15, -0.1) is 0 Å². The highest BCUT2D eigenvalue weighted by Crippen LogP contribution is 2.57. The minimum Gasteiger partial charge on any atom is -0.491 e. The molecule has 2 unspecified atom stereocenters. The molecule has 2 fully saturated rings. The van der Waals surface area contributed by atoms with Crippen molar-refractivity contribution in [3.05, 3.63) is 143 Å². The Balaban J connectivity index is 1.09. The molecule has 0 aromatic heterocycles. The van der Waals surface area contributed by atoms with Crippen LogP contribution in [-0.2, 0) is 43.4 Å². The highest BCUT2D eigenvalue weighted by atomic mass is 16.6. The first-order valence-corrected chi connectivity index (χ1v) is 25.6. The summed E-state index contributed by atoms with van der Waals surface area (Å²) in [6.45, 7) is 12.7. The van der Waals surface area contributed by atoms with Crippen molar-refractivity contribution in [3.8, 4) is 22.6 Å². The lowest BCUT2D eigenvalue weighted by Gasteiger charge is -2.36. The topological polar surface area (TPSA) is 148 Å². The Labute approximate surface area is 420 Å². The van der Waals surface area contributed by atoms with Crippen molar-refractivity contribution < 1.29 is 57.7 Å². The van der Waals surface area contributed by atoms with Gasteiger partial charge >= 0.3 is 11.9 Å². The molecule has 0 spiro atoms. The van der Waals surface area contributed by atoms with E-state index in [1.165, 1.54) is 83.0 Å². The second-order valence-corrected chi connectivity index (χ2v) is 19.2. The number of aliphatic hydroxyl groups is 2. The molecule has 3 aliphatic rings. The maximum atomic E-state index is 11.6. The minimum absolute atomic E-state index is 0.0272. The molecule has 0 heterocycles. The van der Waals surface area contributed by atoms with Gasteiger partial charge in [0, 0.05) is 11.1 Å². The summed E-state index contributed by atoms with van der Waals surface area (Å²) in [4.78, 5) is 23.2. The Morgan fingerprint density at radius 2 is 0.901 bits per heavy atom. The lowest BCUT2D eigenvalue weighted by atomic mass is 9.66. The Hall–Kier alpha value is -5.34. The van der Waals surface area contributed by atoms with E-state index in [9.17, 15) is 19.8 Å². The Morgan fingerprint density at radius 1 is 0.521 bits per heavy atom. The molecule has 4 aromatic carbocycles. The Kier molecular flexibility index (Phi) is 20.3. The smallest absolute Gasteiger partial charge is 0.333 e. The Morgan fingerprint density at radius 3 is 1.31 bits per heavy atom. The van der Waals surface area contributed by atoms with Gasteiger partial charge in [-0.25, -0.2) is 9.59 Å². The molecule has 0 aliphatic heterocycles. The molecule has 7 rings (SSSR count). The highest BCUT2D eigenvalue weighted by molar-refractivity contribution is 5.88. The van der Waals surface area contributed by atoms with Crippen molar-refractivity contribution in [3.63, 3.8) is 0 Å². The molecule has 0 saturated heterocycles. The molecule has 2 saturated carbocycles. The highest BCUT2D eigenvalue weighted by Gasteiger charge is 2.47. The standard InChI is InChI=1S/C59H74O12/c1-41(2)57(62)70-39-47(60)37-66-29-27-64-31-33-68-55-25-23-45(35-51(55)43-15-7-5-8-16-43)59(53-21-13-11-19-49(53)50-20-12-14-22-54(50)59)46-24-26-56(52(36-46)44-17-9-6-10-18-44)69-34-32-65-28-30-67-38-48(61)40-71-58(63)42(3)4/h11-14,19-26,35-36,43-44,47-48,60-61H,1,3,5-10,15-18,27-34,37-40H2,2,4H3. The quantitative estimate of drug-likeness (QED) is 0.0279. The van der Waals surface area contributed by atoms with Crippen LogP contribution >= 0.6 is 0 Å². The number of hydrogen-bond donors (Lipinski definition) is 2. The van der Waals surface area contributed by atoms with Gasteiger partial charge < -0.3 is 48.1 Å². The van der Waals surface area contributed by atoms with E-state index in [0.717, 1.165) is 37.2 Å². The molecule has 0 bridgehead atoms. The number of carbonyl (C=O) groups excluding carboxylic acids is 2. The zero-order valence-electron chi connectivity index (χ0n) is 41.8. The summed E-state index contributed by atoms with van der Waals surface area (Å²) in [5.74, 6) is 1.43. The molecule has 382 valence electrons. The van der Waals surface area contributed by atoms with Crippen LogP contribution in [0.4, 0.5) is 0 Å². The number of aliphatic hydroxyl groups excluding tert-OH is 2. The van der Waals surface area contributed by atoms with E-state index >= 15 is 0 Å². The molecule has 12 heteroatoms. The van der Waals surface area contributed by atoms with Crippen LogP contribution in [0.2, 0.25) is 0 Å². The van der Waals surface area contributed by atoms with Crippen LogP contribution in [0.25, 0.3) is 11.1 Å². The van der Waals surface area contributed by atoms with Crippen molar-refractivity contribution in [1.29, 1.82) is 0 Å². The van der Waals surface area contributed by atoms with Gasteiger partial charge in [0.25, 0.3) is 0 Å². The van der Waals surface area contributed by atoms with E-state index < -0.39 is 29.6 Å². The average molecular weight is 975 g/mol. The number of esters is 2. The summed E-state index contributed by atoms with van der Waals surface area (Å²) >= 11 is 0. The molecule has 12 nitrogen and oxygen atoms in total. The summed E-state index contributed by atoms with van der Waals surface area (Å²) in [7, 11) is 0. The van der Waals surface area contributed by atoms with E-state index in [1.54, 1.807) is 13.8 Å². The first kappa shape index (κ1) is 53.5. The monoisotopic (exact) mass is 975 g/mol. The normalized spacial score (nSPS) is 16.3. The predicted molar refractivity (Wildman–Crippen MR) is 273 cm³/mol. The van der Waals surface area contributed by atoms with Crippen LogP contribution in [0.15, 0.2) is 109 Å². The van der Waals surface area contributed by atoms with Gasteiger partial charge in [0.1, 0.15) is 50.1 Å². The van der Waals surface area contributed by atoms with Crippen molar-refractivity contribution in [2.24, 2.45) is 0 Å². The van der Waals surface area contributed by atoms with Crippen molar-refractivity contribution in [2.75, 3.05) is 79.3 Å². The van der Waals surface area contributed by atoms with Crippen molar-refractivity contribution >= 4 is 11.9 Å². The van der Waals surface area contributed by atoms with Gasteiger partial charge in [-0.1, -0.05) is 124 Å². The molecule has 2 atom stereocenters. The fraction of sp³-hybridized carbons (Fsp3) is 0.492. The SMILES string of the molecule is C=C(C)C(=O)OCC(O)COCCOCCOc1ccc(C2(c3ccc(OCCOCCOCC(O)COC(=O)C(=C)C)c(C4CCCCC4)c3)c3ccccc3-c3ccccc32)cc1C1CCCCC1. The largest absolute Gasteiger partial charge is 0.491 e. The van der Waals surface area contributed by atoms with Gasteiger partial charge in [-0.3, -0.25) is 0 Å².